The average Bonchev–Trinajstić information content (AvgIpc) is 2.86. The smallest absolute Gasteiger partial charge is 0.323 e. The van der Waals surface area contributed by atoms with Gasteiger partial charge in [-0.05, 0) is 29.2 Å². The van der Waals surface area contributed by atoms with Crippen LogP contribution >= 0.6 is 0 Å². The van der Waals surface area contributed by atoms with Crippen molar-refractivity contribution in [1.29, 1.82) is 0 Å². The Labute approximate surface area is 140 Å². The summed E-state index contributed by atoms with van der Waals surface area (Å²) in [6, 6.07) is 16.0. The van der Waals surface area contributed by atoms with Gasteiger partial charge in [0.1, 0.15) is 12.1 Å². The molecule has 24 heavy (non-hydrogen) atoms. The molecule has 1 aliphatic rings. The molecule has 0 aliphatic heterocycles. The topological polar surface area (TPSA) is 89.6 Å². The number of hydrogen-bond donors (Lipinski definition) is 2. The number of aliphatic carboxylic acids is 1. The van der Waals surface area contributed by atoms with Crippen LogP contribution in [0.4, 0.5) is 0 Å². The van der Waals surface area contributed by atoms with Gasteiger partial charge in [0.15, 0.2) is 0 Å². The van der Waals surface area contributed by atoms with Gasteiger partial charge in [0.2, 0.25) is 0 Å². The molecule has 3 N–H and O–H groups in total. The molecule has 0 heterocycles. The van der Waals surface area contributed by atoms with Gasteiger partial charge in [0.05, 0.1) is 6.42 Å². The molecule has 2 aromatic rings. The predicted octanol–water partition coefficient (Wildman–Crippen LogP) is 2.53. The summed E-state index contributed by atoms with van der Waals surface area (Å²) in [7, 11) is 0. The lowest BCUT2D eigenvalue weighted by molar-refractivity contribution is -0.152. The van der Waals surface area contributed by atoms with E-state index >= 15 is 0 Å². The molecule has 0 amide bonds. The fourth-order valence-corrected chi connectivity index (χ4v) is 3.04. The van der Waals surface area contributed by atoms with Gasteiger partial charge < -0.3 is 15.6 Å². The van der Waals surface area contributed by atoms with Crippen LogP contribution in [0.1, 0.15) is 30.4 Å². The lowest BCUT2D eigenvalue weighted by atomic mass is 9.97. The molecule has 0 saturated carbocycles. The van der Waals surface area contributed by atoms with Gasteiger partial charge in [-0.3, -0.25) is 9.59 Å². The molecular weight excluding hydrogens is 306 g/mol. The maximum absolute atomic E-state index is 12.0. The van der Waals surface area contributed by atoms with Crippen molar-refractivity contribution in [3.8, 4) is 11.1 Å². The highest BCUT2D eigenvalue weighted by atomic mass is 16.5. The Bertz CT molecular complexity index is 752. The predicted molar refractivity (Wildman–Crippen MR) is 89.5 cm³/mol. The fraction of sp³-hybridized carbons (Fsp3) is 0.263. The van der Waals surface area contributed by atoms with Crippen LogP contribution in [0.15, 0.2) is 48.5 Å². The van der Waals surface area contributed by atoms with E-state index < -0.39 is 17.5 Å². The van der Waals surface area contributed by atoms with Crippen molar-refractivity contribution in [2.24, 2.45) is 5.73 Å². The Balaban J connectivity index is 1.76. The number of esters is 1. The molecule has 5 nitrogen and oxygen atoms in total. The largest absolute Gasteiger partial charge is 0.480 e. The number of nitrogens with two attached hydrogens (primary N) is 1. The quantitative estimate of drug-likeness (QED) is 0.825. The zero-order valence-electron chi connectivity index (χ0n) is 13.4. The minimum absolute atomic E-state index is 0.0461. The van der Waals surface area contributed by atoms with Crippen LogP contribution in [0.3, 0.4) is 0 Å². The minimum Gasteiger partial charge on any atom is -0.480 e. The van der Waals surface area contributed by atoms with E-state index in [0.717, 1.165) is 22.3 Å². The molecule has 0 spiro atoms. The normalized spacial score (nSPS) is 15.2. The van der Waals surface area contributed by atoms with Crippen molar-refractivity contribution in [2.75, 3.05) is 6.61 Å². The third-order valence-electron chi connectivity index (χ3n) is 4.37. The van der Waals surface area contributed by atoms with Crippen LogP contribution in [0.5, 0.6) is 0 Å². The van der Waals surface area contributed by atoms with Crippen LogP contribution in [0.25, 0.3) is 11.1 Å². The molecule has 0 fully saturated rings. The number of fused-ring (bicyclic) bond motifs is 3. The summed E-state index contributed by atoms with van der Waals surface area (Å²) >= 11 is 0. The van der Waals surface area contributed by atoms with Crippen LogP contribution in [0.2, 0.25) is 0 Å². The van der Waals surface area contributed by atoms with Gasteiger partial charge in [-0.15, -0.1) is 0 Å². The van der Waals surface area contributed by atoms with Crippen molar-refractivity contribution < 1.29 is 19.4 Å². The third kappa shape index (κ3) is 2.90. The number of carbonyl (C=O) groups is 2. The van der Waals surface area contributed by atoms with Gasteiger partial charge in [-0.2, -0.15) is 0 Å². The van der Waals surface area contributed by atoms with Crippen LogP contribution in [0, 0.1) is 0 Å². The lowest BCUT2D eigenvalue weighted by Gasteiger charge is -2.19. The number of ether oxygens (including phenoxy) is 1. The van der Waals surface area contributed by atoms with Gasteiger partial charge in [-0.1, -0.05) is 48.5 Å². The number of carboxylic acids is 1. The number of hydrogen-bond acceptors (Lipinski definition) is 4. The summed E-state index contributed by atoms with van der Waals surface area (Å²) in [5.74, 6) is -1.88. The first-order chi connectivity index (χ1) is 11.4. The molecule has 0 aromatic heterocycles. The van der Waals surface area contributed by atoms with E-state index in [1.165, 1.54) is 6.92 Å². The molecule has 124 valence electrons. The Kier molecular flexibility index (Phi) is 4.11. The van der Waals surface area contributed by atoms with E-state index in [2.05, 4.69) is 12.1 Å². The van der Waals surface area contributed by atoms with Crippen LogP contribution in [-0.4, -0.2) is 29.2 Å². The number of rotatable bonds is 5. The van der Waals surface area contributed by atoms with E-state index in [0.29, 0.717) is 0 Å². The first-order valence-corrected chi connectivity index (χ1v) is 7.76. The summed E-state index contributed by atoms with van der Waals surface area (Å²) in [6.45, 7) is 1.47. The molecule has 1 aliphatic carbocycles. The molecule has 3 rings (SSSR count). The molecule has 0 radical (unpaired) electrons. The average molecular weight is 325 g/mol. The summed E-state index contributed by atoms with van der Waals surface area (Å²) in [5, 5.41) is 9.00. The molecular formula is C19H19NO4. The van der Waals surface area contributed by atoms with Crippen LogP contribution in [-0.2, 0) is 14.3 Å². The highest BCUT2D eigenvalue weighted by molar-refractivity contribution is 5.85. The van der Waals surface area contributed by atoms with Crippen molar-refractivity contribution in [3.05, 3.63) is 59.7 Å². The zero-order chi connectivity index (χ0) is 17.3. The SMILES string of the molecule is C[C@@](N)(CC(=O)OCC1c2ccccc2-c2ccccc21)C(=O)O. The Hall–Kier alpha value is -2.66. The van der Waals surface area contributed by atoms with Crippen molar-refractivity contribution in [3.63, 3.8) is 0 Å². The lowest BCUT2D eigenvalue weighted by Crippen LogP contribution is -2.46. The molecule has 2 aromatic carbocycles. The summed E-state index contributed by atoms with van der Waals surface area (Å²) in [4.78, 5) is 23.0. The standard InChI is InChI=1S/C19H19NO4/c1-19(20,18(22)23)10-17(21)24-11-16-14-8-4-2-6-12(14)13-7-3-5-9-15(13)16/h2-9,16H,10-11,20H2,1H3,(H,22,23)/t19-/m1/s1. The first kappa shape index (κ1) is 16.2. The molecule has 0 unspecified atom stereocenters. The van der Waals surface area contributed by atoms with Crippen LogP contribution < -0.4 is 5.73 Å². The second-order valence-electron chi connectivity index (χ2n) is 6.31. The number of carbonyl (C=O) groups excluding carboxylic acids is 1. The van der Waals surface area contributed by atoms with Gasteiger partial charge in [0, 0.05) is 5.92 Å². The number of benzene rings is 2. The van der Waals surface area contributed by atoms with Crippen molar-refractivity contribution >= 4 is 11.9 Å². The minimum atomic E-state index is -1.62. The Morgan fingerprint density at radius 2 is 1.58 bits per heavy atom. The summed E-state index contributed by atoms with van der Waals surface area (Å²) < 4.78 is 5.34. The van der Waals surface area contributed by atoms with E-state index in [1.54, 1.807) is 0 Å². The maximum Gasteiger partial charge on any atom is 0.323 e. The third-order valence-corrected chi connectivity index (χ3v) is 4.37. The van der Waals surface area contributed by atoms with Gasteiger partial charge >= 0.3 is 11.9 Å². The first-order valence-electron chi connectivity index (χ1n) is 7.76. The second-order valence-corrected chi connectivity index (χ2v) is 6.31. The highest BCUT2D eigenvalue weighted by Crippen LogP contribution is 2.44. The van der Waals surface area contributed by atoms with E-state index in [4.69, 9.17) is 15.6 Å². The Morgan fingerprint density at radius 3 is 2.08 bits per heavy atom. The van der Waals surface area contributed by atoms with Gasteiger partial charge in [0.25, 0.3) is 0 Å². The van der Waals surface area contributed by atoms with E-state index in [9.17, 15) is 9.59 Å². The zero-order valence-corrected chi connectivity index (χ0v) is 13.4. The number of carboxylic acid groups (broad SMARTS) is 1. The molecule has 1 atom stereocenters. The van der Waals surface area contributed by atoms with Crippen molar-refractivity contribution in [2.45, 2.75) is 24.8 Å². The molecule has 0 saturated heterocycles. The second kappa shape index (κ2) is 6.09. The van der Waals surface area contributed by atoms with Gasteiger partial charge in [-0.25, -0.2) is 0 Å². The Morgan fingerprint density at radius 1 is 1.08 bits per heavy atom. The fourth-order valence-electron chi connectivity index (χ4n) is 3.04. The monoisotopic (exact) mass is 325 g/mol. The van der Waals surface area contributed by atoms with Crippen molar-refractivity contribution in [1.82, 2.24) is 0 Å². The van der Waals surface area contributed by atoms with E-state index in [1.807, 2.05) is 36.4 Å². The highest BCUT2D eigenvalue weighted by Gasteiger charge is 2.33. The summed E-state index contributed by atoms with van der Waals surface area (Å²) in [6.07, 6.45) is -0.363. The maximum atomic E-state index is 12.0. The molecule has 5 heteroatoms. The molecule has 0 bridgehead atoms. The van der Waals surface area contributed by atoms with E-state index in [-0.39, 0.29) is 18.9 Å². The summed E-state index contributed by atoms with van der Waals surface area (Å²) in [5.41, 5.74) is 8.48.